The lowest BCUT2D eigenvalue weighted by atomic mass is 9.91. The lowest BCUT2D eigenvalue weighted by Gasteiger charge is -2.42. The summed E-state index contributed by atoms with van der Waals surface area (Å²) < 4.78 is 0. The van der Waals surface area contributed by atoms with Crippen molar-refractivity contribution in [2.45, 2.75) is 45.2 Å². The van der Waals surface area contributed by atoms with Crippen molar-refractivity contribution in [1.29, 1.82) is 0 Å². The van der Waals surface area contributed by atoms with Crippen LogP contribution < -0.4 is 0 Å². The Labute approximate surface area is 93.2 Å². The highest BCUT2D eigenvalue weighted by Crippen LogP contribution is 2.25. The van der Waals surface area contributed by atoms with E-state index in [9.17, 15) is 0 Å². The van der Waals surface area contributed by atoms with Gasteiger partial charge in [0.2, 0.25) is 0 Å². The lowest BCUT2D eigenvalue weighted by molar-refractivity contribution is 0.0867. The summed E-state index contributed by atoms with van der Waals surface area (Å²) in [6, 6.07) is 1.34. The zero-order valence-corrected chi connectivity index (χ0v) is 10.0. The molecule has 1 saturated carbocycles. The molecule has 1 saturated heterocycles. The summed E-state index contributed by atoms with van der Waals surface area (Å²) in [5, 5.41) is 0. The van der Waals surface area contributed by atoms with Crippen LogP contribution in [0.2, 0.25) is 0 Å². The van der Waals surface area contributed by atoms with Gasteiger partial charge in [-0.25, -0.2) is 0 Å². The van der Waals surface area contributed by atoms with Crippen molar-refractivity contribution in [2.75, 3.05) is 26.2 Å². The quantitative estimate of drug-likeness (QED) is 0.519. The van der Waals surface area contributed by atoms with E-state index in [1.54, 1.807) is 0 Å². The molecule has 0 bridgehead atoms. The van der Waals surface area contributed by atoms with Crippen LogP contribution in [-0.4, -0.2) is 54.4 Å². The van der Waals surface area contributed by atoms with Gasteiger partial charge in [0, 0.05) is 38.3 Å². The van der Waals surface area contributed by atoms with E-state index in [-0.39, 0.29) is 0 Å². The minimum atomic E-state index is 0.426. The third kappa shape index (κ3) is 2.94. The van der Waals surface area contributed by atoms with Gasteiger partial charge in [-0.2, -0.15) is 0 Å². The second-order valence-electron chi connectivity index (χ2n) is 5.01. The standard InChI is InChI=1S/C12H23N3/c1-11(2)13-10-14-6-8-15(9-7-14)12-4-3-5-12/h10-12H,3-9H2,1-2H3. The van der Waals surface area contributed by atoms with Crippen molar-refractivity contribution >= 4 is 6.34 Å². The van der Waals surface area contributed by atoms with Crippen LogP contribution in [0.1, 0.15) is 33.1 Å². The number of hydrogen-bond acceptors (Lipinski definition) is 2. The summed E-state index contributed by atoms with van der Waals surface area (Å²) >= 11 is 0. The Morgan fingerprint density at radius 1 is 1.13 bits per heavy atom. The highest BCUT2D eigenvalue weighted by Gasteiger charge is 2.27. The molecule has 0 spiro atoms. The Hall–Kier alpha value is -0.570. The van der Waals surface area contributed by atoms with Gasteiger partial charge in [0.15, 0.2) is 0 Å². The van der Waals surface area contributed by atoms with E-state index < -0.39 is 0 Å². The minimum Gasteiger partial charge on any atom is -0.360 e. The number of rotatable bonds is 3. The van der Waals surface area contributed by atoms with Crippen LogP contribution in [0, 0.1) is 0 Å². The van der Waals surface area contributed by atoms with E-state index in [0.29, 0.717) is 6.04 Å². The van der Waals surface area contributed by atoms with Crippen LogP contribution in [0.5, 0.6) is 0 Å². The van der Waals surface area contributed by atoms with Crippen LogP contribution in [-0.2, 0) is 0 Å². The van der Waals surface area contributed by atoms with Gasteiger partial charge in [-0.1, -0.05) is 6.42 Å². The molecule has 1 aliphatic heterocycles. The fraction of sp³-hybridized carbons (Fsp3) is 0.917. The number of aliphatic imine (C=N–C) groups is 1. The molecule has 2 rings (SSSR count). The molecule has 1 heterocycles. The molecule has 3 nitrogen and oxygen atoms in total. The molecule has 0 atom stereocenters. The fourth-order valence-electron chi connectivity index (χ4n) is 2.20. The molecule has 15 heavy (non-hydrogen) atoms. The first-order valence-electron chi connectivity index (χ1n) is 6.27. The minimum absolute atomic E-state index is 0.426. The molecule has 2 aliphatic rings. The zero-order valence-electron chi connectivity index (χ0n) is 10.0. The Morgan fingerprint density at radius 3 is 2.27 bits per heavy atom. The van der Waals surface area contributed by atoms with E-state index in [4.69, 9.17) is 0 Å². The third-order valence-corrected chi connectivity index (χ3v) is 3.47. The molecule has 3 heteroatoms. The Bertz CT molecular complexity index is 213. The molecule has 1 aliphatic carbocycles. The van der Waals surface area contributed by atoms with E-state index >= 15 is 0 Å². The van der Waals surface area contributed by atoms with Gasteiger partial charge in [0.25, 0.3) is 0 Å². The highest BCUT2D eigenvalue weighted by molar-refractivity contribution is 5.55. The first-order chi connectivity index (χ1) is 7.25. The van der Waals surface area contributed by atoms with Gasteiger partial charge < -0.3 is 4.90 Å². The van der Waals surface area contributed by atoms with Crippen molar-refractivity contribution in [3.8, 4) is 0 Å². The normalized spacial score (nSPS) is 25.1. The second kappa shape index (κ2) is 4.97. The van der Waals surface area contributed by atoms with Gasteiger partial charge in [-0.05, 0) is 26.7 Å². The predicted molar refractivity (Wildman–Crippen MR) is 64.4 cm³/mol. The van der Waals surface area contributed by atoms with Crippen molar-refractivity contribution in [3.63, 3.8) is 0 Å². The maximum atomic E-state index is 4.43. The van der Waals surface area contributed by atoms with E-state index in [1.165, 1.54) is 32.4 Å². The molecule has 0 aromatic heterocycles. The molecule has 0 aromatic carbocycles. The Balaban J connectivity index is 1.71. The van der Waals surface area contributed by atoms with Crippen LogP contribution in [0.3, 0.4) is 0 Å². The van der Waals surface area contributed by atoms with Crippen molar-refractivity contribution in [2.24, 2.45) is 4.99 Å². The molecule has 0 aromatic rings. The summed E-state index contributed by atoms with van der Waals surface area (Å²) in [6.45, 7) is 9.03. The zero-order chi connectivity index (χ0) is 10.7. The fourth-order valence-corrected chi connectivity index (χ4v) is 2.20. The molecule has 86 valence electrons. The van der Waals surface area contributed by atoms with Gasteiger partial charge >= 0.3 is 0 Å². The van der Waals surface area contributed by atoms with E-state index in [2.05, 4.69) is 28.6 Å². The smallest absolute Gasteiger partial charge is 0.0853 e. The summed E-state index contributed by atoms with van der Waals surface area (Å²) in [7, 11) is 0. The van der Waals surface area contributed by atoms with Gasteiger partial charge in [0.05, 0.1) is 6.34 Å². The van der Waals surface area contributed by atoms with Crippen molar-refractivity contribution in [3.05, 3.63) is 0 Å². The number of hydrogen-bond donors (Lipinski definition) is 0. The largest absolute Gasteiger partial charge is 0.360 e. The number of piperazine rings is 1. The number of nitrogens with zero attached hydrogens (tertiary/aromatic N) is 3. The van der Waals surface area contributed by atoms with Crippen LogP contribution in [0.4, 0.5) is 0 Å². The van der Waals surface area contributed by atoms with E-state index in [0.717, 1.165) is 19.1 Å². The second-order valence-corrected chi connectivity index (χ2v) is 5.01. The molecule has 0 unspecified atom stereocenters. The summed E-state index contributed by atoms with van der Waals surface area (Å²) in [6.07, 6.45) is 6.35. The summed E-state index contributed by atoms with van der Waals surface area (Å²) in [5.74, 6) is 0. The summed E-state index contributed by atoms with van der Waals surface area (Å²) in [5.41, 5.74) is 0. The molecular weight excluding hydrogens is 186 g/mol. The lowest BCUT2D eigenvalue weighted by Crippen LogP contribution is -2.51. The van der Waals surface area contributed by atoms with Gasteiger partial charge in [0.1, 0.15) is 0 Å². The average Bonchev–Trinajstić information content (AvgIpc) is 2.14. The molecule has 0 radical (unpaired) electrons. The Kier molecular flexibility index (Phi) is 3.62. The Morgan fingerprint density at radius 2 is 1.80 bits per heavy atom. The predicted octanol–water partition coefficient (Wildman–Crippen LogP) is 1.59. The summed E-state index contributed by atoms with van der Waals surface area (Å²) in [4.78, 5) is 9.45. The van der Waals surface area contributed by atoms with Gasteiger partial charge in [-0.3, -0.25) is 9.89 Å². The average molecular weight is 209 g/mol. The van der Waals surface area contributed by atoms with Crippen LogP contribution >= 0.6 is 0 Å². The molecule has 0 amide bonds. The third-order valence-electron chi connectivity index (χ3n) is 3.47. The topological polar surface area (TPSA) is 18.8 Å². The maximum Gasteiger partial charge on any atom is 0.0853 e. The van der Waals surface area contributed by atoms with E-state index in [1.807, 2.05) is 6.34 Å². The first kappa shape index (κ1) is 10.9. The van der Waals surface area contributed by atoms with Crippen LogP contribution in [0.25, 0.3) is 0 Å². The van der Waals surface area contributed by atoms with Crippen LogP contribution in [0.15, 0.2) is 4.99 Å². The van der Waals surface area contributed by atoms with Crippen molar-refractivity contribution < 1.29 is 0 Å². The SMILES string of the molecule is CC(C)N=CN1CCN(C2CCC2)CC1. The molecule has 2 fully saturated rings. The van der Waals surface area contributed by atoms with Crippen molar-refractivity contribution in [1.82, 2.24) is 9.80 Å². The monoisotopic (exact) mass is 209 g/mol. The molecular formula is C12H23N3. The van der Waals surface area contributed by atoms with Gasteiger partial charge in [-0.15, -0.1) is 0 Å². The molecule has 0 N–H and O–H groups in total. The maximum absolute atomic E-state index is 4.43. The highest BCUT2D eigenvalue weighted by atomic mass is 15.3. The first-order valence-corrected chi connectivity index (χ1v) is 6.27.